The predicted molar refractivity (Wildman–Crippen MR) is 65.5 cm³/mol. The zero-order valence-corrected chi connectivity index (χ0v) is 10.5. The Morgan fingerprint density at radius 2 is 1.93 bits per heavy atom. The van der Waals surface area contributed by atoms with Gasteiger partial charge in [-0.3, -0.25) is 0 Å². The summed E-state index contributed by atoms with van der Waals surface area (Å²) in [4.78, 5) is 1.05. The predicted octanol–water partition coefficient (Wildman–Crippen LogP) is 4.99. The second-order valence-corrected chi connectivity index (χ2v) is 6.04. The van der Waals surface area contributed by atoms with Crippen molar-refractivity contribution < 1.29 is 4.39 Å². The summed E-state index contributed by atoms with van der Waals surface area (Å²) in [5.74, 6) is -0.232. The molecule has 2 rings (SSSR count). The summed E-state index contributed by atoms with van der Waals surface area (Å²) in [7, 11) is 0. The molecule has 0 amide bonds. The third kappa shape index (κ3) is 1.77. The molecule has 2 aromatic rings. The van der Waals surface area contributed by atoms with Gasteiger partial charge in [0.2, 0.25) is 0 Å². The first-order valence-electron chi connectivity index (χ1n) is 4.78. The normalized spacial score (nSPS) is 12.3. The molecule has 0 saturated carbocycles. The second kappa shape index (κ2) is 3.46. The average molecular weight is 243 g/mol. The molecular formula is C12H12ClFS. The van der Waals surface area contributed by atoms with Crippen LogP contribution in [0.2, 0.25) is 5.02 Å². The highest BCUT2D eigenvalue weighted by molar-refractivity contribution is 7.20. The van der Waals surface area contributed by atoms with Gasteiger partial charge in [-0.1, -0.05) is 38.4 Å². The van der Waals surface area contributed by atoms with E-state index in [4.69, 9.17) is 11.6 Å². The number of fused-ring (bicyclic) bond motifs is 1. The first-order chi connectivity index (χ1) is 6.91. The third-order valence-corrected chi connectivity index (χ3v) is 4.36. The molecule has 0 atom stereocenters. The molecule has 0 aliphatic rings. The van der Waals surface area contributed by atoms with Gasteiger partial charge in [0.15, 0.2) is 0 Å². The van der Waals surface area contributed by atoms with Crippen molar-refractivity contribution in [3.05, 3.63) is 33.9 Å². The van der Waals surface area contributed by atoms with Crippen LogP contribution in [0.1, 0.15) is 25.6 Å². The number of rotatable bonds is 0. The molecule has 0 aliphatic carbocycles. The van der Waals surface area contributed by atoms with Crippen molar-refractivity contribution in [2.24, 2.45) is 0 Å². The van der Waals surface area contributed by atoms with Crippen LogP contribution in [0.3, 0.4) is 0 Å². The maximum Gasteiger partial charge on any atom is 0.133 e. The lowest BCUT2D eigenvalue weighted by atomic mass is 9.94. The van der Waals surface area contributed by atoms with Gasteiger partial charge in [0.05, 0.1) is 5.02 Å². The molecule has 15 heavy (non-hydrogen) atoms. The van der Waals surface area contributed by atoms with Gasteiger partial charge in [-0.2, -0.15) is 0 Å². The van der Waals surface area contributed by atoms with Crippen molar-refractivity contribution in [1.29, 1.82) is 0 Å². The fourth-order valence-electron chi connectivity index (χ4n) is 1.55. The van der Waals surface area contributed by atoms with Crippen molar-refractivity contribution >= 4 is 33.0 Å². The van der Waals surface area contributed by atoms with E-state index in [2.05, 4.69) is 20.8 Å². The Morgan fingerprint density at radius 1 is 1.27 bits per heavy atom. The van der Waals surface area contributed by atoms with Crippen molar-refractivity contribution in [1.82, 2.24) is 0 Å². The van der Waals surface area contributed by atoms with Gasteiger partial charge in [-0.05, 0) is 17.5 Å². The van der Waals surface area contributed by atoms with Crippen LogP contribution in [0.25, 0.3) is 10.1 Å². The van der Waals surface area contributed by atoms with Gasteiger partial charge in [-0.15, -0.1) is 11.3 Å². The average Bonchev–Trinajstić information content (AvgIpc) is 2.44. The standard InChI is InChI=1S/C12H12ClFS/c1-12(2,3)11-10(13)9-7(14)5-4-6-8(9)15-11/h4-6H,1-3H3. The van der Waals surface area contributed by atoms with E-state index in [1.807, 2.05) is 6.07 Å². The summed E-state index contributed by atoms with van der Waals surface area (Å²) in [6, 6.07) is 5.08. The number of thiophene rings is 1. The molecule has 0 saturated heterocycles. The van der Waals surface area contributed by atoms with E-state index in [-0.39, 0.29) is 11.2 Å². The van der Waals surface area contributed by atoms with Crippen LogP contribution in [0, 0.1) is 5.82 Å². The Labute approximate surface area is 97.7 Å². The SMILES string of the molecule is CC(C)(C)c1sc2cccc(F)c2c1Cl. The highest BCUT2D eigenvalue weighted by atomic mass is 35.5. The van der Waals surface area contributed by atoms with Gasteiger partial charge < -0.3 is 0 Å². The van der Waals surface area contributed by atoms with E-state index in [1.165, 1.54) is 6.07 Å². The number of hydrogen-bond donors (Lipinski definition) is 0. The molecule has 1 aromatic carbocycles. The first kappa shape index (κ1) is 10.9. The molecule has 0 aliphatic heterocycles. The van der Waals surface area contributed by atoms with Crippen LogP contribution in [0.15, 0.2) is 18.2 Å². The van der Waals surface area contributed by atoms with E-state index in [1.54, 1.807) is 17.4 Å². The highest BCUT2D eigenvalue weighted by Gasteiger charge is 2.23. The van der Waals surface area contributed by atoms with E-state index in [9.17, 15) is 4.39 Å². The molecule has 0 fully saturated rings. The molecular weight excluding hydrogens is 231 g/mol. The van der Waals surface area contributed by atoms with Crippen molar-refractivity contribution in [2.45, 2.75) is 26.2 Å². The molecule has 0 bridgehead atoms. The molecule has 80 valence electrons. The van der Waals surface area contributed by atoms with Crippen molar-refractivity contribution in [3.63, 3.8) is 0 Å². The first-order valence-corrected chi connectivity index (χ1v) is 5.97. The van der Waals surface area contributed by atoms with Crippen molar-refractivity contribution in [2.75, 3.05) is 0 Å². The molecule has 0 unspecified atom stereocenters. The van der Waals surface area contributed by atoms with Crippen LogP contribution in [-0.2, 0) is 5.41 Å². The van der Waals surface area contributed by atoms with Crippen molar-refractivity contribution in [3.8, 4) is 0 Å². The summed E-state index contributed by atoms with van der Waals surface area (Å²) >= 11 is 7.79. The smallest absolute Gasteiger partial charge is 0.133 e. The van der Waals surface area contributed by atoms with Crippen LogP contribution in [-0.4, -0.2) is 0 Å². The Morgan fingerprint density at radius 3 is 2.47 bits per heavy atom. The van der Waals surface area contributed by atoms with Gasteiger partial charge >= 0.3 is 0 Å². The fraction of sp³-hybridized carbons (Fsp3) is 0.333. The maximum absolute atomic E-state index is 13.6. The monoisotopic (exact) mass is 242 g/mol. The summed E-state index contributed by atoms with van der Waals surface area (Å²) < 4.78 is 14.5. The number of hydrogen-bond acceptors (Lipinski definition) is 1. The van der Waals surface area contributed by atoms with Crippen LogP contribution in [0.5, 0.6) is 0 Å². The molecule has 0 spiro atoms. The van der Waals surface area contributed by atoms with Gasteiger partial charge in [0, 0.05) is 15.0 Å². The van der Waals surface area contributed by atoms with E-state index >= 15 is 0 Å². The van der Waals surface area contributed by atoms with E-state index in [0.717, 1.165) is 9.58 Å². The van der Waals surface area contributed by atoms with Crippen LogP contribution in [0.4, 0.5) is 4.39 Å². The van der Waals surface area contributed by atoms with Gasteiger partial charge in [0.25, 0.3) is 0 Å². The number of benzene rings is 1. The minimum absolute atomic E-state index is 0.0345. The quantitative estimate of drug-likeness (QED) is 0.611. The minimum Gasteiger partial charge on any atom is -0.206 e. The Hall–Kier alpha value is -0.600. The summed E-state index contributed by atoms with van der Waals surface area (Å²) in [5.41, 5.74) is -0.0345. The largest absolute Gasteiger partial charge is 0.206 e. The maximum atomic E-state index is 13.6. The zero-order chi connectivity index (χ0) is 11.2. The zero-order valence-electron chi connectivity index (χ0n) is 8.90. The molecule has 3 heteroatoms. The molecule has 0 radical (unpaired) electrons. The molecule has 1 heterocycles. The van der Waals surface area contributed by atoms with Gasteiger partial charge in [0.1, 0.15) is 5.82 Å². The summed E-state index contributed by atoms with van der Waals surface area (Å²) in [6.07, 6.45) is 0. The van der Waals surface area contributed by atoms with Crippen LogP contribution >= 0.6 is 22.9 Å². The highest BCUT2D eigenvalue weighted by Crippen LogP contribution is 2.42. The lowest BCUT2D eigenvalue weighted by molar-refractivity contribution is 0.604. The molecule has 0 nitrogen and oxygen atoms in total. The number of halogens is 2. The fourth-order valence-corrected chi connectivity index (χ4v) is 3.37. The lowest BCUT2D eigenvalue weighted by Crippen LogP contribution is -2.08. The van der Waals surface area contributed by atoms with E-state index < -0.39 is 0 Å². The Kier molecular flexibility index (Phi) is 2.52. The Bertz CT molecular complexity index is 508. The molecule has 1 aromatic heterocycles. The minimum atomic E-state index is -0.232. The summed E-state index contributed by atoms with van der Waals surface area (Å²) in [5, 5.41) is 1.13. The van der Waals surface area contributed by atoms with Crippen LogP contribution < -0.4 is 0 Å². The van der Waals surface area contributed by atoms with E-state index in [0.29, 0.717) is 10.4 Å². The van der Waals surface area contributed by atoms with Gasteiger partial charge in [-0.25, -0.2) is 4.39 Å². The third-order valence-electron chi connectivity index (χ3n) is 2.29. The molecule has 0 N–H and O–H groups in total. The second-order valence-electron chi connectivity index (χ2n) is 4.61. The summed E-state index contributed by atoms with van der Waals surface area (Å²) in [6.45, 7) is 6.25. The Balaban J connectivity index is 2.82. The topological polar surface area (TPSA) is 0 Å². The lowest BCUT2D eigenvalue weighted by Gasteiger charge is -2.16.